The third-order valence-corrected chi connectivity index (χ3v) is 4.46. The Balaban J connectivity index is 1.62. The van der Waals surface area contributed by atoms with E-state index in [2.05, 4.69) is 5.10 Å². The topological polar surface area (TPSA) is 84.5 Å². The summed E-state index contributed by atoms with van der Waals surface area (Å²) >= 11 is 1.12. The number of anilines is 1. The number of carbonyl (C=O) groups excluding carboxylic acids is 1. The molecule has 0 unspecified atom stereocenters. The monoisotopic (exact) mass is 321 g/mol. The number of amides is 1. The summed E-state index contributed by atoms with van der Waals surface area (Å²) in [5, 5.41) is 16.7. The van der Waals surface area contributed by atoms with E-state index in [1.807, 2.05) is 18.1 Å². The second-order valence-electron chi connectivity index (χ2n) is 5.18. The van der Waals surface area contributed by atoms with Crippen LogP contribution in [0.5, 0.6) is 0 Å². The van der Waals surface area contributed by atoms with Gasteiger partial charge in [0.2, 0.25) is 5.91 Å². The standard InChI is InChI=1S/C13H15N5O3S/c1-15-7-11(5-14-15)17-3-2-16(8-12(17)19)6-10-4-13(18(20)21)22-9-10/h4-5,7,9H,2-3,6,8H2,1H3. The van der Waals surface area contributed by atoms with E-state index in [1.165, 1.54) is 0 Å². The second-order valence-corrected chi connectivity index (χ2v) is 6.07. The largest absolute Gasteiger partial charge is 0.324 e. The Morgan fingerprint density at radius 3 is 2.86 bits per heavy atom. The van der Waals surface area contributed by atoms with Crippen LogP contribution in [0.15, 0.2) is 23.8 Å². The van der Waals surface area contributed by atoms with Gasteiger partial charge in [-0.1, -0.05) is 11.3 Å². The van der Waals surface area contributed by atoms with E-state index in [0.717, 1.165) is 29.1 Å². The highest BCUT2D eigenvalue weighted by molar-refractivity contribution is 7.13. The van der Waals surface area contributed by atoms with E-state index in [9.17, 15) is 14.9 Å². The third kappa shape index (κ3) is 3.00. The Labute approximate surface area is 130 Å². The van der Waals surface area contributed by atoms with Crippen LogP contribution in [0.25, 0.3) is 0 Å². The zero-order valence-electron chi connectivity index (χ0n) is 12.0. The summed E-state index contributed by atoms with van der Waals surface area (Å²) in [5.74, 6) is 0.0176. The predicted octanol–water partition coefficient (Wildman–Crippen LogP) is 1.24. The van der Waals surface area contributed by atoms with Crippen molar-refractivity contribution in [2.75, 3.05) is 24.5 Å². The highest BCUT2D eigenvalue weighted by Crippen LogP contribution is 2.24. The number of hydrogen-bond donors (Lipinski definition) is 0. The van der Waals surface area contributed by atoms with Crippen molar-refractivity contribution in [3.63, 3.8) is 0 Å². The number of hydrogen-bond acceptors (Lipinski definition) is 6. The maximum atomic E-state index is 12.3. The van der Waals surface area contributed by atoms with Gasteiger partial charge < -0.3 is 4.90 Å². The quantitative estimate of drug-likeness (QED) is 0.625. The molecule has 1 fully saturated rings. The lowest BCUT2D eigenvalue weighted by Gasteiger charge is -2.33. The number of rotatable bonds is 4. The first-order valence-electron chi connectivity index (χ1n) is 6.76. The molecule has 0 radical (unpaired) electrons. The lowest BCUT2D eigenvalue weighted by atomic mass is 10.2. The number of aromatic nitrogens is 2. The number of carbonyl (C=O) groups is 1. The van der Waals surface area contributed by atoms with Gasteiger partial charge in [-0.15, -0.1) is 0 Å². The van der Waals surface area contributed by atoms with Gasteiger partial charge in [0.05, 0.1) is 23.4 Å². The van der Waals surface area contributed by atoms with Crippen molar-refractivity contribution in [2.24, 2.45) is 7.05 Å². The van der Waals surface area contributed by atoms with Crippen molar-refractivity contribution < 1.29 is 9.72 Å². The number of thiophene rings is 1. The van der Waals surface area contributed by atoms with E-state index >= 15 is 0 Å². The Morgan fingerprint density at radius 2 is 2.27 bits per heavy atom. The highest BCUT2D eigenvalue weighted by Gasteiger charge is 2.26. The maximum absolute atomic E-state index is 12.3. The van der Waals surface area contributed by atoms with Crippen LogP contribution in [0.2, 0.25) is 0 Å². The van der Waals surface area contributed by atoms with Gasteiger partial charge in [-0.2, -0.15) is 5.10 Å². The molecule has 1 saturated heterocycles. The fourth-order valence-corrected chi connectivity index (χ4v) is 3.20. The molecule has 0 aromatic carbocycles. The van der Waals surface area contributed by atoms with Crippen LogP contribution in [-0.2, 0) is 18.4 Å². The van der Waals surface area contributed by atoms with Gasteiger partial charge in [0.25, 0.3) is 0 Å². The normalized spacial score (nSPS) is 16.2. The molecule has 2 aromatic heterocycles. The molecule has 1 aliphatic rings. The fourth-order valence-electron chi connectivity index (χ4n) is 2.48. The Morgan fingerprint density at radius 1 is 1.45 bits per heavy atom. The van der Waals surface area contributed by atoms with Crippen LogP contribution in [0.4, 0.5) is 10.7 Å². The fraction of sp³-hybridized carbons (Fsp3) is 0.385. The average Bonchev–Trinajstić information content (AvgIpc) is 3.08. The van der Waals surface area contributed by atoms with Crippen molar-refractivity contribution in [1.82, 2.24) is 14.7 Å². The second kappa shape index (κ2) is 5.85. The van der Waals surface area contributed by atoms with Crippen LogP contribution >= 0.6 is 11.3 Å². The SMILES string of the molecule is Cn1cc(N2CCN(Cc3csc([N+](=O)[O-])c3)CC2=O)cn1. The molecule has 116 valence electrons. The highest BCUT2D eigenvalue weighted by atomic mass is 32.1. The van der Waals surface area contributed by atoms with Crippen molar-refractivity contribution in [3.05, 3.63) is 39.5 Å². The molecule has 9 heteroatoms. The van der Waals surface area contributed by atoms with Gasteiger partial charge in [-0.3, -0.25) is 24.5 Å². The Bertz CT molecular complexity index is 710. The first-order chi connectivity index (χ1) is 10.5. The van der Waals surface area contributed by atoms with Crippen LogP contribution in [0.1, 0.15) is 5.56 Å². The summed E-state index contributed by atoms with van der Waals surface area (Å²) in [5.41, 5.74) is 1.68. The van der Waals surface area contributed by atoms with Crippen LogP contribution in [0.3, 0.4) is 0 Å². The van der Waals surface area contributed by atoms with E-state index in [4.69, 9.17) is 0 Å². The molecule has 2 aromatic rings. The average molecular weight is 321 g/mol. The minimum absolute atomic E-state index is 0.0176. The predicted molar refractivity (Wildman–Crippen MR) is 81.8 cm³/mol. The lowest BCUT2D eigenvalue weighted by molar-refractivity contribution is -0.380. The number of nitrogens with zero attached hydrogens (tertiary/aromatic N) is 5. The van der Waals surface area contributed by atoms with Gasteiger partial charge in [0.1, 0.15) is 0 Å². The molecule has 1 aliphatic heterocycles. The number of aryl methyl sites for hydroxylation is 1. The summed E-state index contributed by atoms with van der Waals surface area (Å²) < 4.78 is 1.67. The molecular weight excluding hydrogens is 306 g/mol. The zero-order chi connectivity index (χ0) is 15.7. The van der Waals surface area contributed by atoms with Gasteiger partial charge in [-0.05, 0) is 5.56 Å². The van der Waals surface area contributed by atoms with Crippen LogP contribution < -0.4 is 4.90 Å². The summed E-state index contributed by atoms with van der Waals surface area (Å²) in [4.78, 5) is 26.3. The molecule has 8 nitrogen and oxygen atoms in total. The molecule has 0 atom stereocenters. The minimum Gasteiger partial charge on any atom is -0.307 e. The smallest absolute Gasteiger partial charge is 0.307 e. The molecular formula is C13H15N5O3S. The number of nitro groups is 1. The summed E-state index contributed by atoms with van der Waals surface area (Å²) in [6.45, 7) is 2.18. The zero-order valence-corrected chi connectivity index (χ0v) is 12.8. The molecule has 0 bridgehead atoms. The van der Waals surface area contributed by atoms with Crippen molar-refractivity contribution >= 4 is 27.9 Å². The Hall–Kier alpha value is -2.26. The molecule has 22 heavy (non-hydrogen) atoms. The van der Waals surface area contributed by atoms with E-state index in [0.29, 0.717) is 19.6 Å². The third-order valence-electron chi connectivity index (χ3n) is 3.53. The van der Waals surface area contributed by atoms with Crippen LogP contribution in [-0.4, -0.2) is 45.1 Å². The van der Waals surface area contributed by atoms with Crippen molar-refractivity contribution in [2.45, 2.75) is 6.54 Å². The molecule has 0 aliphatic carbocycles. The summed E-state index contributed by atoms with van der Waals surface area (Å²) in [6.07, 6.45) is 3.49. The van der Waals surface area contributed by atoms with Gasteiger partial charge in [0, 0.05) is 44.3 Å². The lowest BCUT2D eigenvalue weighted by Crippen LogP contribution is -2.50. The summed E-state index contributed by atoms with van der Waals surface area (Å²) in [7, 11) is 1.81. The maximum Gasteiger partial charge on any atom is 0.324 e. The van der Waals surface area contributed by atoms with E-state index in [-0.39, 0.29) is 15.8 Å². The van der Waals surface area contributed by atoms with Crippen LogP contribution in [0, 0.1) is 10.1 Å². The van der Waals surface area contributed by atoms with E-state index in [1.54, 1.807) is 27.2 Å². The molecule has 3 rings (SSSR count). The van der Waals surface area contributed by atoms with E-state index < -0.39 is 0 Å². The Kier molecular flexibility index (Phi) is 3.90. The number of piperazine rings is 1. The first-order valence-corrected chi connectivity index (χ1v) is 7.64. The van der Waals surface area contributed by atoms with Gasteiger partial charge in [-0.25, -0.2) is 0 Å². The molecule has 1 amide bonds. The first kappa shape index (κ1) is 14.7. The van der Waals surface area contributed by atoms with Gasteiger partial charge >= 0.3 is 5.00 Å². The molecule has 0 spiro atoms. The molecule has 0 N–H and O–H groups in total. The van der Waals surface area contributed by atoms with Crippen molar-refractivity contribution in [1.29, 1.82) is 0 Å². The molecule has 0 saturated carbocycles. The minimum atomic E-state index is -0.389. The molecule has 3 heterocycles. The van der Waals surface area contributed by atoms with Gasteiger partial charge in [0.15, 0.2) is 0 Å². The van der Waals surface area contributed by atoms with Crippen molar-refractivity contribution in [3.8, 4) is 0 Å². The summed E-state index contributed by atoms with van der Waals surface area (Å²) in [6, 6.07) is 1.57.